The standard InChI is InChI=1S/C24H23F4N7OS/c25-14-3-2-13(8-15(14)26)16-9-19(37-20-5-4-17-23(29)32-12-33-35(17)20)18(10-31-16)34-7-1-6-24(30,11-34)21(36)22(27)28/h2-5,8-10,12,21-22,36H,1,6-7,11,30H2,(H2,29,32,33)/t21-,24-/m1/s1. The van der Waals surface area contributed by atoms with Crippen LogP contribution in [0.2, 0.25) is 0 Å². The number of alkyl halides is 2. The summed E-state index contributed by atoms with van der Waals surface area (Å²) in [5.74, 6) is -1.69. The predicted octanol–water partition coefficient (Wildman–Crippen LogP) is 3.73. The van der Waals surface area contributed by atoms with E-state index in [-0.39, 0.29) is 13.0 Å². The number of benzene rings is 1. The van der Waals surface area contributed by atoms with Crippen molar-refractivity contribution in [1.82, 2.24) is 19.6 Å². The van der Waals surface area contributed by atoms with E-state index in [0.717, 1.165) is 12.1 Å². The quantitative estimate of drug-likeness (QED) is 0.321. The van der Waals surface area contributed by atoms with Gasteiger partial charge in [-0.1, -0.05) is 11.8 Å². The fourth-order valence-corrected chi connectivity index (χ4v) is 5.54. The second-order valence-electron chi connectivity index (χ2n) is 8.92. The maximum absolute atomic E-state index is 13.9. The van der Waals surface area contributed by atoms with Crippen LogP contribution >= 0.6 is 11.8 Å². The van der Waals surface area contributed by atoms with Gasteiger partial charge in [-0.15, -0.1) is 0 Å². The minimum Gasteiger partial charge on any atom is -0.385 e. The first-order valence-corrected chi connectivity index (χ1v) is 12.2. The predicted molar refractivity (Wildman–Crippen MR) is 131 cm³/mol. The van der Waals surface area contributed by atoms with Gasteiger partial charge >= 0.3 is 0 Å². The fourth-order valence-electron chi connectivity index (χ4n) is 4.49. The minimum absolute atomic E-state index is 0.0255. The highest BCUT2D eigenvalue weighted by atomic mass is 32.2. The number of nitrogens with two attached hydrogens (primary N) is 2. The van der Waals surface area contributed by atoms with Gasteiger partial charge in [-0.25, -0.2) is 27.1 Å². The summed E-state index contributed by atoms with van der Waals surface area (Å²) < 4.78 is 55.8. The van der Waals surface area contributed by atoms with Gasteiger partial charge in [0.1, 0.15) is 23.0 Å². The highest BCUT2D eigenvalue weighted by molar-refractivity contribution is 7.99. The van der Waals surface area contributed by atoms with Crippen LogP contribution in [0.25, 0.3) is 16.8 Å². The van der Waals surface area contributed by atoms with Gasteiger partial charge in [0.05, 0.1) is 23.1 Å². The van der Waals surface area contributed by atoms with Crippen LogP contribution in [-0.4, -0.2) is 55.8 Å². The van der Waals surface area contributed by atoms with Gasteiger partial charge in [0.25, 0.3) is 6.43 Å². The number of nitrogen functional groups attached to an aromatic ring is 1. The van der Waals surface area contributed by atoms with E-state index in [9.17, 15) is 22.7 Å². The Morgan fingerprint density at radius 1 is 1.08 bits per heavy atom. The zero-order valence-corrected chi connectivity index (χ0v) is 20.2. The zero-order valence-electron chi connectivity index (χ0n) is 19.4. The Bertz CT molecular complexity index is 1450. The van der Waals surface area contributed by atoms with Crippen LogP contribution in [0.5, 0.6) is 0 Å². The second-order valence-corrected chi connectivity index (χ2v) is 9.98. The largest absolute Gasteiger partial charge is 0.385 e. The van der Waals surface area contributed by atoms with Crippen molar-refractivity contribution >= 4 is 28.8 Å². The smallest absolute Gasteiger partial charge is 0.265 e. The van der Waals surface area contributed by atoms with Gasteiger partial charge < -0.3 is 21.5 Å². The molecule has 1 aliphatic heterocycles. The van der Waals surface area contributed by atoms with Crippen molar-refractivity contribution in [2.24, 2.45) is 5.73 Å². The molecular formula is C24H23F4N7OS. The van der Waals surface area contributed by atoms with Gasteiger partial charge in [-0.05, 0) is 49.2 Å². The van der Waals surface area contributed by atoms with Crippen LogP contribution in [0.1, 0.15) is 12.8 Å². The lowest BCUT2D eigenvalue weighted by atomic mass is 9.84. The normalized spacial score (nSPS) is 19.1. The summed E-state index contributed by atoms with van der Waals surface area (Å²) in [4.78, 5) is 10.9. The third-order valence-electron chi connectivity index (χ3n) is 6.45. The van der Waals surface area contributed by atoms with E-state index in [1.807, 2.05) is 0 Å². The molecular weight excluding hydrogens is 510 g/mol. The Kier molecular flexibility index (Phi) is 6.68. The number of hydrogen-bond donors (Lipinski definition) is 3. The number of halogens is 4. The average molecular weight is 534 g/mol. The molecule has 1 aromatic carbocycles. The minimum atomic E-state index is -2.98. The number of pyridine rings is 1. The van der Waals surface area contributed by atoms with E-state index in [0.29, 0.717) is 51.2 Å². The molecule has 1 aliphatic rings. The van der Waals surface area contributed by atoms with E-state index in [4.69, 9.17) is 11.5 Å². The summed E-state index contributed by atoms with van der Waals surface area (Å²) in [5.41, 5.74) is 12.6. The van der Waals surface area contributed by atoms with Crippen molar-refractivity contribution in [2.45, 2.75) is 40.8 Å². The van der Waals surface area contributed by atoms with Gasteiger partial charge in [-0.3, -0.25) is 4.98 Å². The third kappa shape index (κ3) is 4.81. The molecule has 13 heteroatoms. The fraction of sp³-hybridized carbons (Fsp3) is 0.292. The molecule has 8 nitrogen and oxygen atoms in total. The first-order chi connectivity index (χ1) is 17.7. The topological polar surface area (TPSA) is 119 Å². The molecule has 2 atom stereocenters. The number of rotatable bonds is 6. The molecule has 4 heterocycles. The number of aromatic nitrogens is 4. The molecule has 0 saturated carbocycles. The molecule has 0 unspecified atom stereocenters. The van der Waals surface area contributed by atoms with Crippen molar-refractivity contribution < 1.29 is 22.7 Å². The number of hydrogen-bond acceptors (Lipinski definition) is 8. The van der Waals surface area contributed by atoms with Gasteiger partial charge in [0, 0.05) is 23.5 Å². The lowest BCUT2D eigenvalue weighted by molar-refractivity contribution is -0.0529. The Hall–Kier alpha value is -3.42. The summed E-state index contributed by atoms with van der Waals surface area (Å²) in [6.45, 7) is 0.473. The molecule has 5 N–H and O–H groups in total. The molecule has 37 heavy (non-hydrogen) atoms. The number of anilines is 2. The molecule has 194 valence electrons. The second kappa shape index (κ2) is 9.80. The number of aliphatic hydroxyl groups excluding tert-OH is 1. The number of fused-ring (bicyclic) bond motifs is 1. The summed E-state index contributed by atoms with van der Waals surface area (Å²) in [5, 5.41) is 15.1. The van der Waals surface area contributed by atoms with Crippen molar-refractivity contribution in [2.75, 3.05) is 23.7 Å². The molecule has 1 fully saturated rings. The molecule has 4 aromatic rings. The monoisotopic (exact) mass is 533 g/mol. The number of aliphatic hydroxyl groups is 1. The highest BCUT2D eigenvalue weighted by Crippen LogP contribution is 2.40. The van der Waals surface area contributed by atoms with Crippen molar-refractivity contribution in [3.63, 3.8) is 0 Å². The van der Waals surface area contributed by atoms with E-state index in [2.05, 4.69) is 15.1 Å². The molecule has 0 aliphatic carbocycles. The Labute approximate surface area is 213 Å². The third-order valence-corrected chi connectivity index (χ3v) is 7.51. The molecule has 0 spiro atoms. The van der Waals surface area contributed by atoms with Crippen molar-refractivity contribution in [3.8, 4) is 11.3 Å². The van der Waals surface area contributed by atoms with Crippen LogP contribution in [0.15, 0.2) is 58.8 Å². The number of piperidine rings is 1. The SMILES string of the molecule is Nc1ncnn2c(Sc3cc(-c4ccc(F)c(F)c4)ncc3N3CCC[C@](N)([C@H](O)C(F)F)C3)ccc12. The molecule has 3 aromatic heterocycles. The molecule has 0 bridgehead atoms. The Balaban J connectivity index is 1.58. The first kappa shape index (κ1) is 25.2. The zero-order chi connectivity index (χ0) is 26.3. The molecule has 0 amide bonds. The van der Waals surface area contributed by atoms with E-state index >= 15 is 0 Å². The van der Waals surface area contributed by atoms with Gasteiger partial charge in [0.2, 0.25) is 0 Å². The lowest BCUT2D eigenvalue weighted by Crippen LogP contribution is -2.63. The van der Waals surface area contributed by atoms with Gasteiger partial charge in [0.15, 0.2) is 17.5 Å². The van der Waals surface area contributed by atoms with Gasteiger partial charge in [-0.2, -0.15) is 5.10 Å². The van der Waals surface area contributed by atoms with E-state index in [1.54, 1.807) is 33.8 Å². The highest BCUT2D eigenvalue weighted by Gasteiger charge is 2.43. The lowest BCUT2D eigenvalue weighted by Gasteiger charge is -2.44. The average Bonchev–Trinajstić information content (AvgIpc) is 3.29. The molecule has 0 radical (unpaired) electrons. The van der Waals surface area contributed by atoms with Crippen LogP contribution in [0.3, 0.4) is 0 Å². The van der Waals surface area contributed by atoms with Crippen LogP contribution in [-0.2, 0) is 0 Å². The summed E-state index contributed by atoms with van der Waals surface area (Å²) in [7, 11) is 0. The maximum Gasteiger partial charge on any atom is 0.265 e. The van der Waals surface area contributed by atoms with E-state index < -0.39 is 29.7 Å². The van der Waals surface area contributed by atoms with Crippen molar-refractivity contribution in [3.05, 3.63) is 60.6 Å². The van der Waals surface area contributed by atoms with Crippen molar-refractivity contribution in [1.29, 1.82) is 0 Å². The summed E-state index contributed by atoms with van der Waals surface area (Å²) in [6, 6.07) is 8.76. The molecule has 1 saturated heterocycles. The van der Waals surface area contributed by atoms with Crippen LogP contribution in [0, 0.1) is 11.6 Å². The first-order valence-electron chi connectivity index (χ1n) is 11.4. The van der Waals surface area contributed by atoms with Crippen LogP contribution < -0.4 is 16.4 Å². The van der Waals surface area contributed by atoms with Crippen LogP contribution in [0.4, 0.5) is 29.1 Å². The maximum atomic E-state index is 13.9. The van der Waals surface area contributed by atoms with E-state index in [1.165, 1.54) is 24.2 Å². The Morgan fingerprint density at radius 2 is 1.89 bits per heavy atom. The Morgan fingerprint density at radius 3 is 2.65 bits per heavy atom. The summed E-state index contributed by atoms with van der Waals surface area (Å²) >= 11 is 1.30. The molecule has 5 rings (SSSR count). The summed E-state index contributed by atoms with van der Waals surface area (Å²) in [6.07, 6.45) is -1.39. The number of nitrogens with zero attached hydrogens (tertiary/aromatic N) is 5.